The molecule has 0 amide bonds. The Morgan fingerprint density at radius 3 is 2.79 bits per heavy atom. The Labute approximate surface area is 188 Å². The minimum Gasteiger partial charge on any atom is -0.383 e. The van der Waals surface area contributed by atoms with Gasteiger partial charge in [0.2, 0.25) is 5.95 Å². The summed E-state index contributed by atoms with van der Waals surface area (Å²) in [6.07, 6.45) is 5.04. The lowest BCUT2D eigenvalue weighted by atomic mass is 10.1. The molecule has 5 aromatic rings. The molecule has 0 aliphatic heterocycles. The number of imidazole rings is 1. The highest BCUT2D eigenvalue weighted by Crippen LogP contribution is 2.35. The van der Waals surface area contributed by atoms with E-state index in [1.807, 2.05) is 35.8 Å². The summed E-state index contributed by atoms with van der Waals surface area (Å²) in [5.41, 5.74) is 18.7. The first-order valence-corrected chi connectivity index (χ1v) is 10.7. The highest BCUT2D eigenvalue weighted by Gasteiger charge is 2.23. The van der Waals surface area contributed by atoms with Crippen LogP contribution >= 0.6 is 0 Å². The monoisotopic (exact) mass is 440 g/mol. The van der Waals surface area contributed by atoms with Gasteiger partial charge in [-0.1, -0.05) is 6.07 Å². The van der Waals surface area contributed by atoms with Crippen molar-refractivity contribution in [1.82, 2.24) is 29.3 Å². The number of fused-ring (bicyclic) bond motifs is 2. The maximum atomic E-state index is 13.6. The van der Waals surface area contributed by atoms with Crippen LogP contribution in [0.15, 0.2) is 54.9 Å². The summed E-state index contributed by atoms with van der Waals surface area (Å²) in [6.45, 7) is 1.95. The number of hydrogen-bond donors (Lipinski definition) is 2. The van der Waals surface area contributed by atoms with E-state index in [2.05, 4.69) is 22.2 Å². The Bertz CT molecular complexity index is 1530. The molecule has 33 heavy (non-hydrogen) atoms. The zero-order valence-electron chi connectivity index (χ0n) is 17.9. The van der Waals surface area contributed by atoms with Crippen LogP contribution < -0.4 is 11.5 Å². The Kier molecular flexibility index (Phi) is 4.27. The fraction of sp³-hybridized carbons (Fsp3) is 0.167. The topological polar surface area (TPSA) is 113 Å². The van der Waals surface area contributed by atoms with Crippen LogP contribution in [0.3, 0.4) is 0 Å². The first-order valence-electron chi connectivity index (χ1n) is 10.7. The molecule has 1 atom stereocenters. The van der Waals surface area contributed by atoms with Gasteiger partial charge in [0.15, 0.2) is 17.3 Å². The van der Waals surface area contributed by atoms with Crippen molar-refractivity contribution in [3.63, 3.8) is 0 Å². The largest absolute Gasteiger partial charge is 0.383 e. The van der Waals surface area contributed by atoms with Gasteiger partial charge < -0.3 is 11.5 Å². The molecule has 8 nitrogen and oxygen atoms in total. The van der Waals surface area contributed by atoms with Gasteiger partial charge in [0.25, 0.3) is 0 Å². The second-order valence-corrected chi connectivity index (χ2v) is 8.29. The van der Waals surface area contributed by atoms with Crippen LogP contribution in [0.1, 0.15) is 29.2 Å². The van der Waals surface area contributed by atoms with E-state index in [9.17, 15) is 4.39 Å². The highest BCUT2D eigenvalue weighted by molar-refractivity contribution is 5.85. The number of anilines is 1. The van der Waals surface area contributed by atoms with Crippen molar-refractivity contribution in [2.45, 2.75) is 25.8 Å². The van der Waals surface area contributed by atoms with Gasteiger partial charge in [-0.15, -0.1) is 5.10 Å². The highest BCUT2D eigenvalue weighted by atomic mass is 19.1. The van der Waals surface area contributed by atoms with Crippen LogP contribution in [0, 0.1) is 12.9 Å². The standard InChI is InChI=1S/C24H21FN8/c1-13-11-20(32-10-8-19(25)31-32)29-24-21(13)30-23(17-3-2-9-28-22(17)27)33(24)15-5-6-16-14(12-15)4-7-18(16)26/h2-3,5-6,8-12,18H,4,7,26H2,1H3,(H2,27,28)/t18-/m0/s1. The van der Waals surface area contributed by atoms with Crippen LogP contribution in [0.5, 0.6) is 0 Å². The van der Waals surface area contributed by atoms with Gasteiger partial charge in [-0.25, -0.2) is 19.6 Å². The van der Waals surface area contributed by atoms with Crippen LogP contribution in [-0.2, 0) is 6.42 Å². The molecular weight excluding hydrogens is 419 g/mol. The first kappa shape index (κ1) is 19.6. The Hall–Kier alpha value is -4.11. The maximum absolute atomic E-state index is 13.6. The SMILES string of the molecule is Cc1cc(-n2ccc(F)n2)nc2c1nc(-c1cccnc1N)n2-c1ccc2c(c1)CC[C@@H]2N. The molecule has 9 heteroatoms. The number of aromatic nitrogens is 6. The van der Waals surface area contributed by atoms with E-state index in [4.69, 9.17) is 21.4 Å². The third kappa shape index (κ3) is 3.08. The average molecular weight is 440 g/mol. The zero-order valence-corrected chi connectivity index (χ0v) is 17.9. The molecular formula is C24H21FN8. The van der Waals surface area contributed by atoms with Crippen molar-refractivity contribution >= 4 is 17.0 Å². The van der Waals surface area contributed by atoms with Crippen LogP contribution in [0.25, 0.3) is 34.1 Å². The number of aryl methyl sites for hydroxylation is 2. The van der Waals surface area contributed by atoms with Gasteiger partial charge in [-0.05, 0) is 66.8 Å². The van der Waals surface area contributed by atoms with E-state index in [0.717, 1.165) is 29.6 Å². The van der Waals surface area contributed by atoms with Gasteiger partial charge in [-0.2, -0.15) is 4.39 Å². The molecule has 6 rings (SSSR count). The van der Waals surface area contributed by atoms with E-state index >= 15 is 0 Å². The molecule has 4 heterocycles. The first-order chi connectivity index (χ1) is 16.0. The maximum Gasteiger partial charge on any atom is 0.233 e. The third-order valence-electron chi connectivity index (χ3n) is 6.17. The van der Waals surface area contributed by atoms with E-state index in [0.29, 0.717) is 28.7 Å². The zero-order chi connectivity index (χ0) is 22.7. The van der Waals surface area contributed by atoms with Crippen molar-refractivity contribution in [2.75, 3.05) is 5.73 Å². The molecule has 4 aromatic heterocycles. The molecule has 0 saturated carbocycles. The van der Waals surface area contributed by atoms with Crippen molar-refractivity contribution in [1.29, 1.82) is 0 Å². The number of halogens is 1. The quantitative estimate of drug-likeness (QED) is 0.443. The minimum absolute atomic E-state index is 0.0590. The summed E-state index contributed by atoms with van der Waals surface area (Å²) in [5.74, 6) is 0.947. The Morgan fingerprint density at radius 1 is 1.12 bits per heavy atom. The number of nitrogens with zero attached hydrogens (tertiary/aromatic N) is 6. The van der Waals surface area contributed by atoms with Crippen LogP contribution in [-0.4, -0.2) is 29.3 Å². The lowest BCUT2D eigenvalue weighted by molar-refractivity contribution is 0.565. The van der Waals surface area contributed by atoms with Crippen molar-refractivity contribution in [3.8, 4) is 22.9 Å². The fourth-order valence-corrected chi connectivity index (χ4v) is 4.54. The number of rotatable bonds is 3. The van der Waals surface area contributed by atoms with E-state index in [1.54, 1.807) is 12.4 Å². The summed E-state index contributed by atoms with van der Waals surface area (Å²) >= 11 is 0. The van der Waals surface area contributed by atoms with Crippen molar-refractivity contribution < 1.29 is 4.39 Å². The minimum atomic E-state index is -0.568. The molecule has 0 radical (unpaired) electrons. The smallest absolute Gasteiger partial charge is 0.233 e. The van der Waals surface area contributed by atoms with Crippen LogP contribution in [0.2, 0.25) is 0 Å². The molecule has 0 fully saturated rings. The van der Waals surface area contributed by atoms with E-state index in [-0.39, 0.29) is 6.04 Å². The predicted octanol–water partition coefficient (Wildman–Crippen LogP) is 3.64. The molecule has 0 spiro atoms. The van der Waals surface area contributed by atoms with Gasteiger partial charge in [0.1, 0.15) is 11.3 Å². The second kappa shape index (κ2) is 7.21. The Morgan fingerprint density at radius 2 is 2.00 bits per heavy atom. The molecule has 0 saturated heterocycles. The number of hydrogen-bond acceptors (Lipinski definition) is 6. The number of nitrogen functional groups attached to an aromatic ring is 1. The van der Waals surface area contributed by atoms with E-state index in [1.165, 1.54) is 21.9 Å². The number of benzene rings is 1. The van der Waals surface area contributed by atoms with Gasteiger partial charge >= 0.3 is 0 Å². The average Bonchev–Trinajstić information content (AvgIpc) is 3.51. The van der Waals surface area contributed by atoms with Gasteiger partial charge in [0, 0.05) is 30.2 Å². The summed E-state index contributed by atoms with van der Waals surface area (Å²) in [5, 5.41) is 3.88. The Balaban J connectivity index is 1.66. The molecule has 4 N–H and O–H groups in total. The molecule has 1 aromatic carbocycles. The fourth-order valence-electron chi connectivity index (χ4n) is 4.54. The van der Waals surface area contributed by atoms with Crippen molar-refractivity contribution in [3.05, 3.63) is 77.5 Å². The third-order valence-corrected chi connectivity index (χ3v) is 6.17. The molecule has 0 unspecified atom stereocenters. The lowest BCUT2D eigenvalue weighted by Gasteiger charge is -2.13. The van der Waals surface area contributed by atoms with Crippen LogP contribution in [0.4, 0.5) is 10.2 Å². The van der Waals surface area contributed by atoms with E-state index < -0.39 is 5.95 Å². The summed E-state index contributed by atoms with van der Waals surface area (Å²) in [4.78, 5) is 14.0. The predicted molar refractivity (Wildman–Crippen MR) is 124 cm³/mol. The normalized spacial score (nSPS) is 15.3. The molecule has 0 bridgehead atoms. The summed E-state index contributed by atoms with van der Waals surface area (Å²) < 4.78 is 17.0. The molecule has 1 aliphatic carbocycles. The number of nitrogens with two attached hydrogens (primary N) is 2. The number of pyridine rings is 2. The van der Waals surface area contributed by atoms with Gasteiger partial charge in [-0.3, -0.25) is 4.57 Å². The second-order valence-electron chi connectivity index (χ2n) is 8.29. The van der Waals surface area contributed by atoms with Gasteiger partial charge in [0.05, 0.1) is 5.56 Å². The summed E-state index contributed by atoms with van der Waals surface area (Å²) in [7, 11) is 0. The molecule has 164 valence electrons. The van der Waals surface area contributed by atoms with Crippen molar-refractivity contribution in [2.24, 2.45) is 5.73 Å². The molecule has 1 aliphatic rings. The summed E-state index contributed by atoms with van der Waals surface area (Å²) in [6, 6.07) is 13.1. The lowest BCUT2D eigenvalue weighted by Crippen LogP contribution is -2.06.